The third-order valence-electron chi connectivity index (χ3n) is 4.70. The van der Waals surface area contributed by atoms with Gasteiger partial charge in [-0.1, -0.05) is 66.7 Å². The van der Waals surface area contributed by atoms with Crippen LogP contribution >= 0.6 is 23.1 Å². The molecule has 4 aromatic rings. The van der Waals surface area contributed by atoms with Crippen LogP contribution in [0.3, 0.4) is 0 Å². The van der Waals surface area contributed by atoms with E-state index in [0.717, 1.165) is 16.9 Å². The van der Waals surface area contributed by atoms with E-state index in [1.54, 1.807) is 16.7 Å². The molecule has 0 atom stereocenters. The van der Waals surface area contributed by atoms with Crippen molar-refractivity contribution in [1.29, 1.82) is 0 Å². The minimum absolute atomic E-state index is 0.0174. The van der Waals surface area contributed by atoms with Gasteiger partial charge in [0.1, 0.15) is 10.5 Å². The molecule has 0 aliphatic rings. The first-order chi connectivity index (χ1) is 14.1. The van der Waals surface area contributed by atoms with E-state index in [1.165, 1.54) is 34.7 Å². The number of nitrogens with zero attached hydrogens (tertiary/aromatic N) is 2. The monoisotopic (exact) mass is 424 g/mol. The van der Waals surface area contributed by atoms with E-state index in [1.807, 2.05) is 19.1 Å². The normalized spacial score (nSPS) is 11.3. The van der Waals surface area contributed by atoms with E-state index in [0.29, 0.717) is 33.2 Å². The summed E-state index contributed by atoms with van der Waals surface area (Å²) in [7, 11) is 0. The van der Waals surface area contributed by atoms with E-state index in [4.69, 9.17) is 4.98 Å². The number of rotatable bonds is 6. The first kappa shape index (κ1) is 19.9. The molecule has 2 heterocycles. The van der Waals surface area contributed by atoms with Gasteiger partial charge in [0, 0.05) is 17.2 Å². The van der Waals surface area contributed by atoms with E-state index in [-0.39, 0.29) is 11.4 Å². The highest BCUT2D eigenvalue weighted by molar-refractivity contribution is 7.98. The van der Waals surface area contributed by atoms with Gasteiger partial charge >= 0.3 is 0 Å². The van der Waals surface area contributed by atoms with Gasteiger partial charge in [-0.05, 0) is 36.6 Å². The van der Waals surface area contributed by atoms with Gasteiger partial charge in [0.2, 0.25) is 0 Å². The van der Waals surface area contributed by atoms with Crippen molar-refractivity contribution in [1.82, 2.24) is 9.55 Å². The Labute approximate surface area is 177 Å². The molecule has 3 nitrogen and oxygen atoms in total. The number of halogens is 1. The number of thioether (sulfide) groups is 1. The van der Waals surface area contributed by atoms with Crippen molar-refractivity contribution in [2.75, 3.05) is 0 Å². The van der Waals surface area contributed by atoms with Crippen molar-refractivity contribution in [3.8, 4) is 10.4 Å². The topological polar surface area (TPSA) is 34.9 Å². The van der Waals surface area contributed by atoms with E-state index in [2.05, 4.69) is 31.2 Å². The average Bonchev–Trinajstić information content (AvgIpc) is 3.15. The molecule has 148 valence electrons. The van der Waals surface area contributed by atoms with Gasteiger partial charge in [-0.3, -0.25) is 9.36 Å². The molecule has 0 amide bonds. The Bertz CT molecular complexity index is 1210. The van der Waals surface area contributed by atoms with Gasteiger partial charge in [-0.2, -0.15) is 0 Å². The third kappa shape index (κ3) is 4.14. The van der Waals surface area contributed by atoms with Crippen LogP contribution in [0.4, 0.5) is 4.39 Å². The number of hydrogen-bond donors (Lipinski definition) is 0. The molecule has 29 heavy (non-hydrogen) atoms. The van der Waals surface area contributed by atoms with E-state index < -0.39 is 0 Å². The molecule has 0 fully saturated rings. The van der Waals surface area contributed by atoms with Crippen LogP contribution in [-0.4, -0.2) is 9.55 Å². The van der Waals surface area contributed by atoms with Crippen molar-refractivity contribution in [3.63, 3.8) is 0 Å². The Hall–Kier alpha value is -2.44. The van der Waals surface area contributed by atoms with Crippen LogP contribution in [0.1, 0.15) is 24.5 Å². The lowest BCUT2D eigenvalue weighted by molar-refractivity contribution is 0.585. The Balaban J connectivity index is 1.75. The molecule has 2 aromatic heterocycles. The second-order valence-corrected chi connectivity index (χ2v) is 8.92. The fourth-order valence-corrected chi connectivity index (χ4v) is 5.20. The molecule has 0 saturated carbocycles. The third-order valence-corrected chi connectivity index (χ3v) is 6.88. The summed E-state index contributed by atoms with van der Waals surface area (Å²) in [4.78, 5) is 19.0. The number of aryl methyl sites for hydroxylation is 1. The average molecular weight is 425 g/mol. The van der Waals surface area contributed by atoms with Crippen LogP contribution in [0.25, 0.3) is 20.7 Å². The summed E-state index contributed by atoms with van der Waals surface area (Å²) >= 11 is 2.89. The summed E-state index contributed by atoms with van der Waals surface area (Å²) in [5, 5.41) is 0.640. The smallest absolute Gasteiger partial charge is 0.272 e. The molecule has 6 heteroatoms. The molecule has 0 bridgehead atoms. The SMILES string of the molecule is CCCn1c(SCc2ccccc2F)nc2cc(-c3ccc(C)cc3)sc2c1=O. The van der Waals surface area contributed by atoms with Crippen molar-refractivity contribution in [3.05, 3.63) is 81.9 Å². The molecule has 0 aliphatic heterocycles. The molecule has 4 rings (SSSR count). The van der Waals surface area contributed by atoms with Crippen molar-refractivity contribution in [2.24, 2.45) is 0 Å². The summed E-state index contributed by atoms with van der Waals surface area (Å²) in [5.41, 5.74) is 3.58. The lowest BCUT2D eigenvalue weighted by atomic mass is 10.1. The quantitative estimate of drug-likeness (QED) is 0.270. The molecule has 0 saturated heterocycles. The summed E-state index contributed by atoms with van der Waals surface area (Å²) in [6, 6.07) is 17.0. The van der Waals surface area contributed by atoms with Gasteiger partial charge < -0.3 is 0 Å². The number of fused-ring (bicyclic) bond motifs is 1. The van der Waals surface area contributed by atoms with Crippen LogP contribution < -0.4 is 5.56 Å². The lowest BCUT2D eigenvalue weighted by Crippen LogP contribution is -2.22. The maximum Gasteiger partial charge on any atom is 0.272 e. The maximum atomic E-state index is 14.0. The largest absolute Gasteiger partial charge is 0.286 e. The highest BCUT2D eigenvalue weighted by Gasteiger charge is 2.16. The summed E-state index contributed by atoms with van der Waals surface area (Å²) in [5.74, 6) is 0.200. The number of benzene rings is 2. The summed E-state index contributed by atoms with van der Waals surface area (Å²) < 4.78 is 16.4. The lowest BCUT2D eigenvalue weighted by Gasteiger charge is -2.11. The molecule has 0 radical (unpaired) electrons. The fraction of sp³-hybridized carbons (Fsp3) is 0.217. The van der Waals surface area contributed by atoms with Gasteiger partial charge in [0.05, 0.1) is 5.52 Å². The highest BCUT2D eigenvalue weighted by Crippen LogP contribution is 2.33. The van der Waals surface area contributed by atoms with Crippen molar-refractivity contribution < 1.29 is 4.39 Å². The van der Waals surface area contributed by atoms with Gasteiger partial charge in [0.25, 0.3) is 5.56 Å². The predicted octanol–water partition coefficient (Wildman–Crippen LogP) is 6.27. The minimum Gasteiger partial charge on any atom is -0.286 e. The highest BCUT2D eigenvalue weighted by atomic mass is 32.2. The van der Waals surface area contributed by atoms with Gasteiger partial charge in [-0.25, -0.2) is 9.37 Å². The number of thiophene rings is 1. The fourth-order valence-electron chi connectivity index (χ4n) is 3.14. The molecule has 0 aliphatic carbocycles. The predicted molar refractivity (Wildman–Crippen MR) is 120 cm³/mol. The molecular formula is C23H21FN2OS2. The molecule has 0 unspecified atom stereocenters. The second-order valence-electron chi connectivity index (χ2n) is 6.92. The Morgan fingerprint density at radius 2 is 1.90 bits per heavy atom. The first-order valence-electron chi connectivity index (χ1n) is 9.54. The zero-order valence-electron chi connectivity index (χ0n) is 16.3. The Kier molecular flexibility index (Phi) is 5.83. The summed E-state index contributed by atoms with van der Waals surface area (Å²) in [6.45, 7) is 4.69. The number of aromatic nitrogens is 2. The van der Waals surface area contributed by atoms with Gasteiger partial charge in [-0.15, -0.1) is 11.3 Å². The first-order valence-corrected chi connectivity index (χ1v) is 11.3. The van der Waals surface area contributed by atoms with Crippen LogP contribution in [0.5, 0.6) is 0 Å². The van der Waals surface area contributed by atoms with Crippen LogP contribution in [0, 0.1) is 12.7 Å². The number of hydrogen-bond acceptors (Lipinski definition) is 4. The standard InChI is InChI=1S/C23H21FN2OS2/c1-3-12-26-22(27)21-19(13-20(29-21)16-10-8-15(2)9-11-16)25-23(26)28-14-17-6-4-5-7-18(17)24/h4-11,13H,3,12,14H2,1-2H3. The van der Waals surface area contributed by atoms with Crippen molar-refractivity contribution >= 4 is 33.3 Å². The molecule has 0 N–H and O–H groups in total. The summed E-state index contributed by atoms with van der Waals surface area (Å²) in [6.07, 6.45) is 0.830. The van der Waals surface area contributed by atoms with Crippen LogP contribution in [0.15, 0.2) is 64.5 Å². The Morgan fingerprint density at radius 3 is 2.62 bits per heavy atom. The zero-order chi connectivity index (χ0) is 20.4. The maximum absolute atomic E-state index is 14.0. The minimum atomic E-state index is -0.234. The molecule has 0 spiro atoms. The van der Waals surface area contributed by atoms with Crippen LogP contribution in [-0.2, 0) is 12.3 Å². The molecule has 2 aromatic carbocycles. The van der Waals surface area contributed by atoms with Crippen LogP contribution in [0.2, 0.25) is 0 Å². The zero-order valence-corrected chi connectivity index (χ0v) is 17.9. The Morgan fingerprint density at radius 1 is 1.14 bits per heavy atom. The second kappa shape index (κ2) is 8.51. The van der Waals surface area contributed by atoms with E-state index >= 15 is 0 Å². The van der Waals surface area contributed by atoms with Gasteiger partial charge in [0.15, 0.2) is 5.16 Å². The van der Waals surface area contributed by atoms with E-state index in [9.17, 15) is 9.18 Å². The molecular weight excluding hydrogens is 403 g/mol. The van der Waals surface area contributed by atoms with Crippen molar-refractivity contribution in [2.45, 2.75) is 37.7 Å².